The molecular formula is C40H68N4O12. The molecule has 0 aromatic rings. The minimum Gasteiger partial charge on any atom is -0.451 e. The van der Waals surface area contributed by atoms with Gasteiger partial charge in [-0.1, -0.05) is 85.5 Å². The lowest BCUT2D eigenvalue weighted by Crippen LogP contribution is -2.51. The van der Waals surface area contributed by atoms with Gasteiger partial charge in [0.05, 0.1) is 0 Å². The normalized spacial score (nSPS) is 27.0. The van der Waals surface area contributed by atoms with E-state index in [1.165, 1.54) is 27.7 Å². The van der Waals surface area contributed by atoms with Gasteiger partial charge in [0.2, 0.25) is 5.91 Å². The average Bonchev–Trinajstić information content (AvgIpc) is 3.14. The number of nitrogens with one attached hydrogen (secondary N) is 4. The molecule has 4 amide bonds. The first-order valence-corrected chi connectivity index (χ1v) is 20.6. The van der Waals surface area contributed by atoms with Crippen LogP contribution in [0, 0.1) is 5.92 Å². The lowest BCUT2D eigenvalue weighted by Gasteiger charge is -2.26. The Labute approximate surface area is 332 Å². The molecule has 16 nitrogen and oxygen atoms in total. The van der Waals surface area contributed by atoms with Gasteiger partial charge in [-0.15, -0.1) is 0 Å². The van der Waals surface area contributed by atoms with E-state index in [1.807, 2.05) is 27.7 Å². The molecule has 16 heteroatoms. The standard InChI is InChI=1S/C40H68N4O12/c1-9-13-17-21-29-33(45)41-25(5)37(49)54-30(22-18-14-10-2)34(46)42-26(6)38(50)55-31(23-19-15-11-3)35(47)43-27(7)39(51)56-32(24-20-16-12-4)36(48)44-28(8)53-40(29)52/h25-32H,9-24H2,1-8H3,(H,41,45)(H,42,46)(H,43,47)(H,44,48)/t25-,26-,27-,28+,29+,30-,31+,32+/m0/s1. The van der Waals surface area contributed by atoms with Gasteiger partial charge in [0.25, 0.3) is 17.7 Å². The van der Waals surface area contributed by atoms with Gasteiger partial charge >= 0.3 is 23.9 Å². The fourth-order valence-corrected chi connectivity index (χ4v) is 5.83. The first kappa shape index (κ1) is 49.8. The van der Waals surface area contributed by atoms with E-state index in [-0.39, 0.29) is 25.7 Å². The monoisotopic (exact) mass is 796 g/mol. The van der Waals surface area contributed by atoms with Gasteiger partial charge in [-0.2, -0.15) is 0 Å². The van der Waals surface area contributed by atoms with Crippen LogP contribution >= 0.6 is 0 Å². The van der Waals surface area contributed by atoms with E-state index in [1.54, 1.807) is 0 Å². The molecule has 1 fully saturated rings. The Kier molecular flexibility index (Phi) is 24.3. The number of ether oxygens (including phenoxy) is 4. The number of rotatable bonds is 16. The second-order valence-corrected chi connectivity index (χ2v) is 14.6. The van der Waals surface area contributed by atoms with E-state index in [9.17, 15) is 38.4 Å². The predicted octanol–water partition coefficient (Wildman–Crippen LogP) is 4.19. The summed E-state index contributed by atoms with van der Waals surface area (Å²) >= 11 is 0. The Morgan fingerprint density at radius 3 is 1.02 bits per heavy atom. The molecular weight excluding hydrogens is 728 g/mol. The zero-order valence-corrected chi connectivity index (χ0v) is 34.8. The predicted molar refractivity (Wildman–Crippen MR) is 206 cm³/mol. The van der Waals surface area contributed by atoms with E-state index >= 15 is 0 Å². The van der Waals surface area contributed by atoms with Gasteiger partial charge in [0, 0.05) is 0 Å². The Balaban J connectivity index is 3.55. The van der Waals surface area contributed by atoms with E-state index < -0.39 is 96.1 Å². The molecule has 0 radical (unpaired) electrons. The van der Waals surface area contributed by atoms with Crippen LogP contribution in [0.2, 0.25) is 0 Å². The molecule has 0 bridgehead atoms. The van der Waals surface area contributed by atoms with Crippen molar-refractivity contribution in [2.45, 2.75) is 201 Å². The van der Waals surface area contributed by atoms with Crippen LogP contribution in [0.4, 0.5) is 0 Å². The molecule has 4 N–H and O–H groups in total. The molecule has 0 aromatic carbocycles. The lowest BCUT2D eigenvalue weighted by atomic mass is 10.00. The SMILES string of the molecule is CCCCC[C@@H]1C(=O)N[C@@H](C)C(=O)O[C@@H](CCCCC)C(=O)N[C@@H](C)C(=O)O[C@H](CCCCC)C(=O)N[C@@H](C)C(=O)O[C@H](CCCCC)C(=O)N[C@@H](C)OC1=O. The largest absolute Gasteiger partial charge is 0.451 e. The molecule has 1 rings (SSSR count). The number of carbonyl (C=O) groups is 8. The molecule has 8 atom stereocenters. The molecule has 1 heterocycles. The summed E-state index contributed by atoms with van der Waals surface area (Å²) in [6, 6.07) is -3.79. The van der Waals surface area contributed by atoms with Gasteiger partial charge in [-0.3, -0.25) is 24.0 Å². The summed E-state index contributed by atoms with van der Waals surface area (Å²) in [5, 5.41) is 10.1. The van der Waals surface area contributed by atoms with Gasteiger partial charge in [0.1, 0.15) is 24.0 Å². The average molecular weight is 797 g/mol. The van der Waals surface area contributed by atoms with Gasteiger partial charge < -0.3 is 40.2 Å². The van der Waals surface area contributed by atoms with Crippen molar-refractivity contribution < 1.29 is 57.3 Å². The zero-order valence-electron chi connectivity index (χ0n) is 34.8. The highest BCUT2D eigenvalue weighted by atomic mass is 16.6. The van der Waals surface area contributed by atoms with Crippen LogP contribution in [0.1, 0.15) is 158 Å². The third-order valence-electron chi connectivity index (χ3n) is 9.33. The fraction of sp³-hybridized carbons (Fsp3) is 0.800. The maximum atomic E-state index is 13.5. The second-order valence-electron chi connectivity index (χ2n) is 14.6. The second kappa shape index (κ2) is 27.4. The van der Waals surface area contributed by atoms with Crippen LogP contribution in [0.15, 0.2) is 0 Å². The topological polar surface area (TPSA) is 222 Å². The Morgan fingerprint density at radius 2 is 0.679 bits per heavy atom. The van der Waals surface area contributed by atoms with Gasteiger partial charge in [-0.05, 0) is 72.6 Å². The summed E-state index contributed by atoms with van der Waals surface area (Å²) in [5.74, 6) is -8.16. The van der Waals surface area contributed by atoms with Crippen molar-refractivity contribution in [3.05, 3.63) is 0 Å². The van der Waals surface area contributed by atoms with Crippen LogP contribution in [-0.4, -0.2) is 90.2 Å². The number of carbonyl (C=O) groups excluding carboxylic acids is 8. The minimum absolute atomic E-state index is 0.0945. The molecule has 0 saturated carbocycles. The first-order chi connectivity index (χ1) is 26.6. The molecule has 320 valence electrons. The highest BCUT2D eigenvalue weighted by molar-refractivity contribution is 5.99. The Bertz CT molecular complexity index is 1290. The molecule has 0 unspecified atom stereocenters. The zero-order chi connectivity index (χ0) is 42.2. The van der Waals surface area contributed by atoms with Crippen molar-refractivity contribution in [1.29, 1.82) is 0 Å². The Morgan fingerprint density at radius 1 is 0.375 bits per heavy atom. The third kappa shape index (κ3) is 18.6. The smallest absolute Gasteiger partial charge is 0.329 e. The molecule has 1 saturated heterocycles. The van der Waals surface area contributed by atoms with Crippen LogP contribution in [0.25, 0.3) is 0 Å². The summed E-state index contributed by atoms with van der Waals surface area (Å²) in [6.45, 7) is 13.3. The highest BCUT2D eigenvalue weighted by Gasteiger charge is 2.36. The van der Waals surface area contributed by atoms with Gasteiger partial charge in [0.15, 0.2) is 24.5 Å². The van der Waals surface area contributed by atoms with Crippen LogP contribution < -0.4 is 21.3 Å². The first-order valence-electron chi connectivity index (χ1n) is 20.6. The number of unbranched alkanes of at least 4 members (excludes halogenated alkanes) is 8. The molecule has 1 aliphatic heterocycles. The van der Waals surface area contributed by atoms with Crippen molar-refractivity contribution >= 4 is 47.5 Å². The molecule has 0 aromatic heterocycles. The van der Waals surface area contributed by atoms with Crippen molar-refractivity contribution in [1.82, 2.24) is 21.3 Å². The lowest BCUT2D eigenvalue weighted by molar-refractivity contribution is -0.166. The molecule has 0 aliphatic carbocycles. The van der Waals surface area contributed by atoms with E-state index in [0.717, 1.165) is 44.9 Å². The number of hydrogen-bond acceptors (Lipinski definition) is 12. The summed E-state index contributed by atoms with van der Waals surface area (Å²) in [7, 11) is 0. The summed E-state index contributed by atoms with van der Waals surface area (Å²) in [5.41, 5.74) is 0. The van der Waals surface area contributed by atoms with Crippen LogP contribution in [-0.2, 0) is 57.3 Å². The van der Waals surface area contributed by atoms with Gasteiger partial charge in [-0.25, -0.2) is 14.4 Å². The van der Waals surface area contributed by atoms with Crippen molar-refractivity contribution in [2.75, 3.05) is 0 Å². The van der Waals surface area contributed by atoms with Crippen molar-refractivity contribution in [2.24, 2.45) is 5.92 Å². The summed E-state index contributed by atoms with van der Waals surface area (Å²) < 4.78 is 22.2. The van der Waals surface area contributed by atoms with Crippen LogP contribution in [0.3, 0.4) is 0 Å². The third-order valence-corrected chi connectivity index (χ3v) is 9.33. The maximum Gasteiger partial charge on any atom is 0.329 e. The van der Waals surface area contributed by atoms with Crippen LogP contribution in [0.5, 0.6) is 0 Å². The number of hydrogen-bond donors (Lipinski definition) is 4. The molecule has 0 spiro atoms. The molecule has 1 aliphatic rings. The van der Waals surface area contributed by atoms with E-state index in [2.05, 4.69) is 21.3 Å². The molecule has 56 heavy (non-hydrogen) atoms. The fourth-order valence-electron chi connectivity index (χ4n) is 5.83. The van der Waals surface area contributed by atoms with E-state index in [4.69, 9.17) is 18.9 Å². The number of cyclic esters (lactones) is 4. The Hall–Kier alpha value is -4.24. The quantitative estimate of drug-likeness (QED) is 0.0748. The number of amides is 4. The summed E-state index contributed by atoms with van der Waals surface area (Å²) in [4.78, 5) is 107. The summed E-state index contributed by atoms with van der Waals surface area (Å²) in [6.07, 6.45) is 3.53. The highest BCUT2D eigenvalue weighted by Crippen LogP contribution is 2.17. The van der Waals surface area contributed by atoms with Crippen molar-refractivity contribution in [3.8, 4) is 0 Å². The number of esters is 4. The van der Waals surface area contributed by atoms with Crippen molar-refractivity contribution in [3.63, 3.8) is 0 Å². The maximum absolute atomic E-state index is 13.5. The minimum atomic E-state index is -1.34. The van der Waals surface area contributed by atoms with E-state index in [0.29, 0.717) is 32.1 Å².